The predicted octanol–water partition coefficient (Wildman–Crippen LogP) is 1.89. The molecule has 1 heterocycles. The Morgan fingerprint density at radius 1 is 1.00 bits per heavy atom. The Balaban J connectivity index is 2.49. The Kier molecular flexibility index (Phi) is 4.32. The fraction of sp³-hybridized carbons (Fsp3) is 0.286. The molecule has 7 heteroatoms. The molecule has 0 aliphatic heterocycles. The SMILES string of the molecule is COC(=O)c1cc(-c2cc(OC)c(OC)c(OC)c2)n[nH]1. The smallest absolute Gasteiger partial charge is 0.356 e. The van der Waals surface area contributed by atoms with Gasteiger partial charge in [0.15, 0.2) is 11.5 Å². The van der Waals surface area contributed by atoms with Gasteiger partial charge < -0.3 is 18.9 Å². The minimum atomic E-state index is -0.485. The van der Waals surface area contributed by atoms with Crippen LogP contribution in [-0.2, 0) is 4.74 Å². The Bertz CT molecular complexity index is 626. The lowest BCUT2D eigenvalue weighted by atomic mass is 10.1. The van der Waals surface area contributed by atoms with Gasteiger partial charge in [-0.3, -0.25) is 5.10 Å². The number of benzene rings is 1. The van der Waals surface area contributed by atoms with Gasteiger partial charge in [0.1, 0.15) is 5.69 Å². The largest absolute Gasteiger partial charge is 0.493 e. The van der Waals surface area contributed by atoms with Crippen molar-refractivity contribution in [1.29, 1.82) is 0 Å². The normalized spacial score (nSPS) is 10.1. The van der Waals surface area contributed by atoms with Crippen LogP contribution in [0.5, 0.6) is 17.2 Å². The van der Waals surface area contributed by atoms with Crippen LogP contribution in [0.2, 0.25) is 0 Å². The maximum atomic E-state index is 11.4. The van der Waals surface area contributed by atoms with Gasteiger partial charge in [-0.25, -0.2) is 4.79 Å². The van der Waals surface area contributed by atoms with Gasteiger partial charge in [-0.1, -0.05) is 0 Å². The third kappa shape index (κ3) is 2.76. The Hall–Kier alpha value is -2.70. The summed E-state index contributed by atoms with van der Waals surface area (Å²) in [4.78, 5) is 11.4. The Morgan fingerprint density at radius 3 is 2.10 bits per heavy atom. The van der Waals surface area contributed by atoms with Crippen LogP contribution in [-0.4, -0.2) is 44.6 Å². The molecule has 0 saturated heterocycles. The number of methoxy groups -OCH3 is 4. The van der Waals surface area contributed by atoms with Crippen molar-refractivity contribution >= 4 is 5.97 Å². The Labute approximate surface area is 121 Å². The number of esters is 1. The van der Waals surface area contributed by atoms with E-state index < -0.39 is 5.97 Å². The third-order valence-corrected chi connectivity index (χ3v) is 2.94. The first-order valence-electron chi connectivity index (χ1n) is 6.08. The molecule has 0 amide bonds. The molecule has 0 saturated carbocycles. The molecule has 0 aliphatic carbocycles. The third-order valence-electron chi connectivity index (χ3n) is 2.94. The predicted molar refractivity (Wildman–Crippen MR) is 75.0 cm³/mol. The number of H-pyrrole nitrogens is 1. The number of aromatic amines is 1. The summed E-state index contributed by atoms with van der Waals surface area (Å²) in [6.07, 6.45) is 0. The van der Waals surface area contributed by atoms with Gasteiger partial charge in [-0.05, 0) is 18.2 Å². The summed E-state index contributed by atoms with van der Waals surface area (Å²) in [5.74, 6) is 1.03. The second-order valence-corrected chi connectivity index (χ2v) is 4.07. The van der Waals surface area contributed by atoms with E-state index >= 15 is 0 Å². The molecular formula is C14H16N2O5. The highest BCUT2D eigenvalue weighted by Gasteiger charge is 2.17. The number of nitrogens with zero attached hydrogens (tertiary/aromatic N) is 1. The number of rotatable bonds is 5. The molecule has 0 unspecified atom stereocenters. The van der Waals surface area contributed by atoms with E-state index in [1.165, 1.54) is 28.4 Å². The zero-order valence-electron chi connectivity index (χ0n) is 12.2. The van der Waals surface area contributed by atoms with Gasteiger partial charge in [0, 0.05) is 5.56 Å². The lowest BCUT2D eigenvalue weighted by molar-refractivity contribution is 0.0594. The highest BCUT2D eigenvalue weighted by molar-refractivity contribution is 5.88. The summed E-state index contributed by atoms with van der Waals surface area (Å²) < 4.78 is 20.5. The van der Waals surface area contributed by atoms with Crippen molar-refractivity contribution in [2.75, 3.05) is 28.4 Å². The molecule has 21 heavy (non-hydrogen) atoms. The zero-order valence-corrected chi connectivity index (χ0v) is 12.2. The molecule has 0 aliphatic rings. The maximum absolute atomic E-state index is 11.4. The van der Waals surface area contributed by atoms with Crippen LogP contribution >= 0.6 is 0 Å². The van der Waals surface area contributed by atoms with E-state index in [1.807, 2.05) is 0 Å². The number of hydrogen-bond donors (Lipinski definition) is 1. The van der Waals surface area contributed by atoms with Crippen LogP contribution in [0.15, 0.2) is 18.2 Å². The molecule has 1 aromatic carbocycles. The minimum Gasteiger partial charge on any atom is -0.493 e. The lowest BCUT2D eigenvalue weighted by Crippen LogP contribution is -2.00. The average molecular weight is 292 g/mol. The summed E-state index contributed by atoms with van der Waals surface area (Å²) in [6.45, 7) is 0. The molecule has 1 aromatic heterocycles. The van der Waals surface area contributed by atoms with Gasteiger partial charge >= 0.3 is 5.97 Å². The summed E-state index contributed by atoms with van der Waals surface area (Å²) in [6, 6.07) is 5.09. The molecule has 0 fully saturated rings. The van der Waals surface area contributed by atoms with Gasteiger partial charge in [-0.15, -0.1) is 0 Å². The Morgan fingerprint density at radius 2 is 1.62 bits per heavy atom. The highest BCUT2D eigenvalue weighted by atomic mass is 16.5. The van der Waals surface area contributed by atoms with Crippen molar-refractivity contribution in [1.82, 2.24) is 10.2 Å². The van der Waals surface area contributed by atoms with E-state index in [0.29, 0.717) is 22.9 Å². The number of ether oxygens (including phenoxy) is 4. The number of nitrogens with one attached hydrogen (secondary N) is 1. The standard InChI is InChI=1S/C14H16N2O5/c1-18-11-5-8(6-12(19-2)13(11)20-3)9-7-10(16-15-9)14(17)21-4/h5-7H,1-4H3,(H,15,16). The average Bonchev–Trinajstić information content (AvgIpc) is 3.02. The molecule has 0 bridgehead atoms. The van der Waals surface area contributed by atoms with Crippen LogP contribution in [0.25, 0.3) is 11.3 Å². The van der Waals surface area contributed by atoms with Crippen molar-refractivity contribution in [3.05, 3.63) is 23.9 Å². The fourth-order valence-corrected chi connectivity index (χ4v) is 1.91. The number of aromatic nitrogens is 2. The lowest BCUT2D eigenvalue weighted by Gasteiger charge is -2.13. The van der Waals surface area contributed by atoms with Crippen LogP contribution < -0.4 is 14.2 Å². The number of carbonyl (C=O) groups excluding carboxylic acids is 1. The fourth-order valence-electron chi connectivity index (χ4n) is 1.91. The summed E-state index contributed by atoms with van der Waals surface area (Å²) in [5, 5.41) is 6.71. The van der Waals surface area contributed by atoms with Crippen molar-refractivity contribution in [2.24, 2.45) is 0 Å². The van der Waals surface area contributed by atoms with Crippen molar-refractivity contribution in [3.63, 3.8) is 0 Å². The maximum Gasteiger partial charge on any atom is 0.356 e. The van der Waals surface area contributed by atoms with Crippen LogP contribution in [0, 0.1) is 0 Å². The van der Waals surface area contributed by atoms with Crippen molar-refractivity contribution in [2.45, 2.75) is 0 Å². The van der Waals surface area contributed by atoms with E-state index in [0.717, 1.165) is 5.56 Å². The molecule has 1 N–H and O–H groups in total. The van der Waals surface area contributed by atoms with Crippen molar-refractivity contribution < 1.29 is 23.7 Å². The number of carbonyl (C=O) groups is 1. The highest BCUT2D eigenvalue weighted by Crippen LogP contribution is 2.40. The first-order chi connectivity index (χ1) is 10.1. The first-order valence-corrected chi connectivity index (χ1v) is 6.08. The molecule has 7 nitrogen and oxygen atoms in total. The molecule has 0 spiro atoms. The second-order valence-electron chi connectivity index (χ2n) is 4.07. The van der Waals surface area contributed by atoms with Gasteiger partial charge in [0.05, 0.1) is 34.1 Å². The van der Waals surface area contributed by atoms with E-state index in [-0.39, 0.29) is 5.69 Å². The summed E-state index contributed by atoms with van der Waals surface area (Å²) >= 11 is 0. The summed E-state index contributed by atoms with van der Waals surface area (Å²) in [5.41, 5.74) is 1.55. The van der Waals surface area contributed by atoms with E-state index in [4.69, 9.17) is 14.2 Å². The van der Waals surface area contributed by atoms with Crippen LogP contribution in [0.1, 0.15) is 10.5 Å². The molecule has 0 radical (unpaired) electrons. The van der Waals surface area contributed by atoms with Gasteiger partial charge in [-0.2, -0.15) is 5.10 Å². The molecule has 112 valence electrons. The van der Waals surface area contributed by atoms with Gasteiger partial charge in [0.25, 0.3) is 0 Å². The van der Waals surface area contributed by atoms with Crippen LogP contribution in [0.3, 0.4) is 0 Å². The topological polar surface area (TPSA) is 82.7 Å². The molecule has 2 rings (SSSR count). The number of hydrogen-bond acceptors (Lipinski definition) is 6. The molecular weight excluding hydrogens is 276 g/mol. The first kappa shape index (κ1) is 14.7. The monoisotopic (exact) mass is 292 g/mol. The molecule has 0 atom stereocenters. The van der Waals surface area contributed by atoms with E-state index in [9.17, 15) is 4.79 Å². The van der Waals surface area contributed by atoms with Crippen LogP contribution in [0.4, 0.5) is 0 Å². The van der Waals surface area contributed by atoms with E-state index in [2.05, 4.69) is 14.9 Å². The molecule has 2 aromatic rings. The van der Waals surface area contributed by atoms with Crippen molar-refractivity contribution in [3.8, 4) is 28.5 Å². The van der Waals surface area contributed by atoms with Gasteiger partial charge in [0.2, 0.25) is 5.75 Å². The van der Waals surface area contributed by atoms with E-state index in [1.54, 1.807) is 18.2 Å². The second kappa shape index (κ2) is 6.17. The minimum absolute atomic E-state index is 0.265. The quantitative estimate of drug-likeness (QED) is 0.847. The zero-order chi connectivity index (χ0) is 15.4. The summed E-state index contributed by atoms with van der Waals surface area (Å²) in [7, 11) is 5.91.